The summed E-state index contributed by atoms with van der Waals surface area (Å²) < 4.78 is 9.85. The van der Waals surface area contributed by atoms with E-state index in [0.717, 1.165) is 0 Å². The van der Waals surface area contributed by atoms with Crippen molar-refractivity contribution in [3.63, 3.8) is 0 Å². The molecule has 218 valence electrons. The van der Waals surface area contributed by atoms with Crippen LogP contribution in [0.25, 0.3) is 0 Å². The van der Waals surface area contributed by atoms with Crippen LogP contribution in [0.3, 0.4) is 0 Å². The average Bonchev–Trinajstić information content (AvgIpc) is 2.93. The molecular formula is C24H38N6O9. The van der Waals surface area contributed by atoms with Gasteiger partial charge in [0, 0.05) is 19.3 Å². The Morgan fingerprint density at radius 2 is 1.36 bits per heavy atom. The van der Waals surface area contributed by atoms with Gasteiger partial charge in [-0.05, 0) is 26.2 Å². The molecule has 0 spiro atoms. The fraction of sp³-hybridized carbons (Fsp3) is 0.583. The van der Waals surface area contributed by atoms with Crippen LogP contribution >= 0.6 is 0 Å². The molecule has 15 heteroatoms. The number of ether oxygens (including phenoxy) is 2. The number of carbonyl (C=O) groups is 7. The van der Waals surface area contributed by atoms with Crippen LogP contribution in [0.15, 0.2) is 12.7 Å². The summed E-state index contributed by atoms with van der Waals surface area (Å²) in [7, 11) is 0. The van der Waals surface area contributed by atoms with Crippen molar-refractivity contribution in [3.05, 3.63) is 12.7 Å². The minimum absolute atomic E-state index is 0.0409. The summed E-state index contributed by atoms with van der Waals surface area (Å²) in [6, 6.07) is -3.74. The second-order valence-electron chi connectivity index (χ2n) is 8.15. The van der Waals surface area contributed by atoms with Crippen molar-refractivity contribution in [3.8, 4) is 0 Å². The zero-order valence-corrected chi connectivity index (χ0v) is 22.0. The number of Topliss-reactive ketones (excluding diaryl/α,β-unsaturated/α-hetero) is 2. The second-order valence-corrected chi connectivity index (χ2v) is 8.15. The van der Waals surface area contributed by atoms with E-state index < -0.39 is 53.6 Å². The molecule has 0 aromatic heterocycles. The lowest BCUT2D eigenvalue weighted by Gasteiger charge is -2.23. The van der Waals surface area contributed by atoms with E-state index in [9.17, 15) is 33.6 Å². The van der Waals surface area contributed by atoms with Crippen molar-refractivity contribution in [2.75, 3.05) is 26.3 Å². The van der Waals surface area contributed by atoms with Gasteiger partial charge in [-0.3, -0.25) is 24.0 Å². The standard InChI is InChI=1S/C24H38N6O9/c1-3-11-39-24(37)19(8-6-16(32)13-26)30-22(35)17(7-5-15(31)12-25)28-20(33)10-9-18(23(36)38-4-2)29-21(34)14-27/h3,13,17-19,26H,1,4-12,14,25,27H2,2H3,(H,28,33)(H,29,34)(H,30,35). The summed E-state index contributed by atoms with van der Waals surface area (Å²) in [5.41, 5.74) is 10.6. The van der Waals surface area contributed by atoms with Crippen LogP contribution in [-0.2, 0) is 43.0 Å². The molecule has 0 aromatic carbocycles. The zero-order chi connectivity index (χ0) is 29.8. The lowest BCUT2D eigenvalue weighted by atomic mass is 10.0. The summed E-state index contributed by atoms with van der Waals surface area (Å²) in [5.74, 6) is -4.77. The van der Waals surface area contributed by atoms with Gasteiger partial charge in [0.15, 0.2) is 5.78 Å². The number of rotatable bonds is 21. The maximum Gasteiger partial charge on any atom is 0.328 e. The topological polar surface area (TPSA) is 250 Å². The van der Waals surface area contributed by atoms with Crippen molar-refractivity contribution >= 4 is 47.4 Å². The first kappa shape index (κ1) is 35.0. The molecule has 8 N–H and O–H groups in total. The SMILES string of the molecule is C=CCOC(=O)C(CCC(=O)C=N)NC(=O)C(CCC(=O)CN)NC(=O)CCC(NC(=O)CN)C(=O)OCC. The smallest absolute Gasteiger partial charge is 0.328 e. The van der Waals surface area contributed by atoms with Gasteiger partial charge in [0.25, 0.3) is 0 Å². The van der Waals surface area contributed by atoms with Gasteiger partial charge < -0.3 is 42.3 Å². The van der Waals surface area contributed by atoms with Crippen LogP contribution in [-0.4, -0.2) is 91.9 Å². The summed E-state index contributed by atoms with van der Waals surface area (Å²) in [5, 5.41) is 14.2. The molecule has 3 amide bonds. The normalized spacial score (nSPS) is 12.6. The Balaban J connectivity index is 5.56. The van der Waals surface area contributed by atoms with E-state index in [1.807, 2.05) is 0 Å². The minimum atomic E-state index is -1.29. The molecule has 0 aliphatic heterocycles. The molecular weight excluding hydrogens is 516 g/mol. The highest BCUT2D eigenvalue weighted by molar-refractivity contribution is 6.26. The van der Waals surface area contributed by atoms with E-state index in [1.54, 1.807) is 6.92 Å². The highest BCUT2D eigenvalue weighted by atomic mass is 16.5. The molecule has 0 saturated heterocycles. The molecule has 0 saturated carbocycles. The number of amides is 3. The number of carbonyl (C=O) groups excluding carboxylic acids is 7. The summed E-state index contributed by atoms with van der Waals surface area (Å²) in [6.07, 6.45) is 0.660. The maximum atomic E-state index is 13.0. The van der Waals surface area contributed by atoms with Gasteiger partial charge in [0.2, 0.25) is 17.7 Å². The number of ketones is 2. The van der Waals surface area contributed by atoms with Crippen molar-refractivity contribution in [1.29, 1.82) is 5.41 Å². The van der Waals surface area contributed by atoms with Crippen LogP contribution < -0.4 is 27.4 Å². The Morgan fingerprint density at radius 3 is 1.92 bits per heavy atom. The first-order valence-corrected chi connectivity index (χ1v) is 12.3. The van der Waals surface area contributed by atoms with Gasteiger partial charge in [-0.15, -0.1) is 0 Å². The maximum absolute atomic E-state index is 13.0. The number of nitrogens with two attached hydrogens (primary N) is 2. The monoisotopic (exact) mass is 554 g/mol. The van der Waals surface area contributed by atoms with Crippen LogP contribution in [0.4, 0.5) is 0 Å². The average molecular weight is 555 g/mol. The molecule has 3 atom stereocenters. The lowest BCUT2D eigenvalue weighted by Crippen LogP contribution is -2.52. The van der Waals surface area contributed by atoms with Gasteiger partial charge >= 0.3 is 11.9 Å². The molecule has 15 nitrogen and oxygen atoms in total. The molecule has 0 aliphatic rings. The molecule has 0 aliphatic carbocycles. The van der Waals surface area contributed by atoms with Gasteiger partial charge in [-0.1, -0.05) is 12.7 Å². The summed E-state index contributed by atoms with van der Waals surface area (Å²) in [6.45, 7) is 4.21. The Hall–Kier alpha value is -3.98. The van der Waals surface area contributed by atoms with E-state index in [4.69, 9.17) is 26.4 Å². The van der Waals surface area contributed by atoms with Gasteiger partial charge in [-0.2, -0.15) is 0 Å². The van der Waals surface area contributed by atoms with Crippen molar-refractivity contribution < 1.29 is 43.0 Å². The first-order valence-electron chi connectivity index (χ1n) is 12.3. The Kier molecular flexibility index (Phi) is 18.0. The minimum Gasteiger partial charge on any atom is -0.464 e. The molecule has 39 heavy (non-hydrogen) atoms. The fourth-order valence-corrected chi connectivity index (χ4v) is 3.08. The molecule has 0 rings (SSSR count). The summed E-state index contributed by atoms with van der Waals surface area (Å²) in [4.78, 5) is 85.2. The second kappa shape index (κ2) is 20.0. The van der Waals surface area contributed by atoms with E-state index in [1.165, 1.54) is 6.08 Å². The summed E-state index contributed by atoms with van der Waals surface area (Å²) >= 11 is 0. The van der Waals surface area contributed by atoms with E-state index >= 15 is 0 Å². The van der Waals surface area contributed by atoms with E-state index in [0.29, 0.717) is 6.21 Å². The molecule has 0 heterocycles. The fourth-order valence-electron chi connectivity index (χ4n) is 3.08. The van der Waals surface area contributed by atoms with Crippen LogP contribution in [0.1, 0.15) is 45.4 Å². The van der Waals surface area contributed by atoms with Gasteiger partial charge in [-0.25, -0.2) is 9.59 Å². The van der Waals surface area contributed by atoms with Crippen LogP contribution in [0.2, 0.25) is 0 Å². The number of hydrogen-bond acceptors (Lipinski definition) is 12. The van der Waals surface area contributed by atoms with Crippen LogP contribution in [0.5, 0.6) is 0 Å². The Labute approximate surface area is 226 Å². The largest absolute Gasteiger partial charge is 0.464 e. The van der Waals surface area contributed by atoms with Gasteiger partial charge in [0.05, 0.1) is 25.9 Å². The predicted molar refractivity (Wildman–Crippen MR) is 138 cm³/mol. The Morgan fingerprint density at radius 1 is 0.795 bits per heavy atom. The molecule has 0 aromatic rings. The quantitative estimate of drug-likeness (QED) is 0.0503. The number of nitrogens with one attached hydrogen (secondary N) is 4. The molecule has 0 fully saturated rings. The molecule has 0 radical (unpaired) electrons. The predicted octanol–water partition coefficient (Wildman–Crippen LogP) is -2.22. The first-order chi connectivity index (χ1) is 18.5. The van der Waals surface area contributed by atoms with E-state index in [-0.39, 0.29) is 70.6 Å². The third kappa shape index (κ3) is 15.1. The molecule has 3 unspecified atom stereocenters. The van der Waals surface area contributed by atoms with Crippen LogP contribution in [0, 0.1) is 5.41 Å². The number of hydrogen-bond donors (Lipinski definition) is 6. The van der Waals surface area contributed by atoms with Crippen molar-refractivity contribution in [1.82, 2.24) is 16.0 Å². The van der Waals surface area contributed by atoms with Crippen molar-refractivity contribution in [2.45, 2.75) is 63.6 Å². The van der Waals surface area contributed by atoms with Crippen molar-refractivity contribution in [2.24, 2.45) is 11.5 Å². The third-order valence-corrected chi connectivity index (χ3v) is 5.13. The number of esters is 2. The lowest BCUT2D eigenvalue weighted by molar-refractivity contribution is -0.147. The van der Waals surface area contributed by atoms with Gasteiger partial charge in [0.1, 0.15) is 30.5 Å². The zero-order valence-electron chi connectivity index (χ0n) is 22.0. The molecule has 0 bridgehead atoms. The highest BCUT2D eigenvalue weighted by Gasteiger charge is 2.29. The third-order valence-electron chi connectivity index (χ3n) is 5.13. The highest BCUT2D eigenvalue weighted by Crippen LogP contribution is 2.07. The Bertz CT molecular complexity index is 909. The van der Waals surface area contributed by atoms with E-state index in [2.05, 4.69) is 22.5 Å².